The molecule has 4 heteroatoms. The predicted molar refractivity (Wildman–Crippen MR) is 27.7 cm³/mol. The molecule has 0 rings (SSSR count). The third kappa shape index (κ3) is 97.5. The zero-order valence-corrected chi connectivity index (χ0v) is 7.62. The fourth-order valence-electron chi connectivity index (χ4n) is 0. The first-order chi connectivity index (χ1) is 2.00. The minimum atomic E-state index is -1.36. The van der Waals surface area contributed by atoms with Gasteiger partial charge in [0.1, 0.15) is 0 Å². The molecular formula is C4H9Li3Si. The topological polar surface area (TPSA) is 0 Å². The molecule has 0 saturated heterocycles. The Morgan fingerprint density at radius 2 is 0.875 bits per heavy atom. The van der Waals surface area contributed by atoms with Crippen molar-refractivity contribution in [1.82, 2.24) is 0 Å². The van der Waals surface area contributed by atoms with E-state index in [1.807, 2.05) is 6.55 Å². The zero-order chi connectivity index (χ0) is 4.50. The zero-order valence-electron chi connectivity index (χ0n) is 6.62. The third-order valence-electron chi connectivity index (χ3n) is 0. The minimum Gasteiger partial charge on any atom is -0.418 e. The molecule has 0 radical (unpaired) electrons. The van der Waals surface area contributed by atoms with Crippen LogP contribution in [-0.4, -0.2) is 8.07 Å². The summed E-state index contributed by atoms with van der Waals surface area (Å²) in [6.07, 6.45) is 0. The molecule has 0 aromatic carbocycles. The van der Waals surface area contributed by atoms with Gasteiger partial charge >= 0.3 is 56.6 Å². The molecule has 0 atom stereocenters. The normalized spacial score (nSPS) is 7.50. The molecule has 0 aliphatic rings. The molecule has 0 nitrogen and oxygen atoms in total. The molecule has 0 aliphatic carbocycles. The second-order valence-corrected chi connectivity index (χ2v) is 5.43. The second kappa shape index (κ2) is 9.01. The molecule has 0 amide bonds. The number of hydrogen-bond acceptors (Lipinski definition) is 0. The fraction of sp³-hybridized carbons (Fsp3) is 0.250. The van der Waals surface area contributed by atoms with Crippen molar-refractivity contribution in [2.75, 3.05) is 0 Å². The van der Waals surface area contributed by atoms with E-state index in [0.717, 1.165) is 0 Å². The van der Waals surface area contributed by atoms with Crippen molar-refractivity contribution in [1.29, 1.82) is 0 Å². The molecule has 0 unspecified atom stereocenters. The molecule has 0 saturated carbocycles. The Hall–Kier alpha value is 2.01. The smallest absolute Gasteiger partial charge is 0.418 e. The van der Waals surface area contributed by atoms with E-state index in [1.54, 1.807) is 0 Å². The van der Waals surface area contributed by atoms with Crippen LogP contribution in [-0.2, 0) is 0 Å². The number of rotatable bonds is 0. The summed E-state index contributed by atoms with van der Waals surface area (Å²) in [6, 6.07) is 0. The van der Waals surface area contributed by atoms with Crippen LogP contribution >= 0.6 is 0 Å². The van der Waals surface area contributed by atoms with E-state index in [4.69, 9.17) is 0 Å². The Balaban J connectivity index is -0.0000000267. The molecule has 0 aromatic rings. The summed E-state index contributed by atoms with van der Waals surface area (Å²) in [5.74, 6) is 0. The molecule has 0 N–H and O–H groups in total. The summed E-state index contributed by atoms with van der Waals surface area (Å²) in [5.41, 5.74) is 0. The Labute approximate surface area is 90.1 Å². The van der Waals surface area contributed by atoms with Crippen LogP contribution < -0.4 is 56.6 Å². The molecule has 0 bridgehead atoms. The monoisotopic (exact) mass is 106 g/mol. The quantitative estimate of drug-likeness (QED) is 0.212. The SMILES string of the molecule is [CH2-][Si]([CH2-])([CH2-])C.[Li+].[Li+].[Li+]. The van der Waals surface area contributed by atoms with Gasteiger partial charge in [-0.1, -0.05) is 0 Å². The van der Waals surface area contributed by atoms with Gasteiger partial charge in [-0.25, -0.2) is 0 Å². The maximum Gasteiger partial charge on any atom is 1.00 e. The van der Waals surface area contributed by atoms with E-state index in [1.165, 1.54) is 0 Å². The van der Waals surface area contributed by atoms with Gasteiger partial charge in [0.05, 0.1) is 0 Å². The van der Waals surface area contributed by atoms with Crippen molar-refractivity contribution in [3.05, 3.63) is 19.6 Å². The van der Waals surface area contributed by atoms with E-state index in [-0.39, 0.29) is 56.6 Å². The van der Waals surface area contributed by atoms with E-state index >= 15 is 0 Å². The van der Waals surface area contributed by atoms with Gasteiger partial charge in [-0.3, -0.25) is 0 Å². The van der Waals surface area contributed by atoms with Crippen LogP contribution in [0.3, 0.4) is 0 Å². The van der Waals surface area contributed by atoms with Crippen LogP contribution in [0.1, 0.15) is 0 Å². The van der Waals surface area contributed by atoms with E-state index in [0.29, 0.717) is 0 Å². The maximum absolute atomic E-state index is 3.69. The fourth-order valence-corrected chi connectivity index (χ4v) is 0. The maximum atomic E-state index is 3.69. The van der Waals surface area contributed by atoms with Gasteiger partial charge in [0.15, 0.2) is 0 Å². The van der Waals surface area contributed by atoms with Crippen molar-refractivity contribution in [3.8, 4) is 0 Å². The first-order valence-electron chi connectivity index (χ1n) is 1.56. The van der Waals surface area contributed by atoms with Crippen LogP contribution in [0.15, 0.2) is 0 Å². The second-order valence-electron chi connectivity index (χ2n) is 1.81. The first-order valence-corrected chi connectivity index (χ1v) is 4.68. The van der Waals surface area contributed by atoms with Crippen LogP contribution in [0.25, 0.3) is 0 Å². The Kier molecular flexibility index (Phi) is 25.3. The van der Waals surface area contributed by atoms with Gasteiger partial charge in [0, 0.05) is 0 Å². The van der Waals surface area contributed by atoms with Crippen molar-refractivity contribution >= 4 is 8.07 Å². The van der Waals surface area contributed by atoms with Crippen LogP contribution in [0.5, 0.6) is 0 Å². The molecule has 0 fully saturated rings. The molecule has 8 heavy (non-hydrogen) atoms. The van der Waals surface area contributed by atoms with Gasteiger partial charge in [-0.05, 0) is 0 Å². The van der Waals surface area contributed by atoms with Crippen molar-refractivity contribution in [3.63, 3.8) is 0 Å². The summed E-state index contributed by atoms with van der Waals surface area (Å²) >= 11 is 0. The standard InChI is InChI=1S/C4H9Si.3Li/c1-5(2,3)4;;;/h1-3H2,4H3;;;/q-3;3*+1. The summed E-state index contributed by atoms with van der Waals surface area (Å²) in [4.78, 5) is 0. The average molecular weight is 106 g/mol. The molecule has 0 heterocycles. The summed E-state index contributed by atoms with van der Waals surface area (Å²) in [7, 11) is -1.36. The summed E-state index contributed by atoms with van der Waals surface area (Å²) in [5, 5.41) is 0. The molecule has 0 aromatic heterocycles. The predicted octanol–water partition coefficient (Wildman–Crippen LogP) is -7.80. The molecule has 32 valence electrons. The van der Waals surface area contributed by atoms with Crippen LogP contribution in [0.4, 0.5) is 0 Å². The molecular weight excluding hydrogens is 97.0 g/mol. The number of hydrogen-bond donors (Lipinski definition) is 0. The van der Waals surface area contributed by atoms with Crippen molar-refractivity contribution in [2.24, 2.45) is 0 Å². The Bertz CT molecular complexity index is 26.8. The van der Waals surface area contributed by atoms with Gasteiger partial charge in [0.25, 0.3) is 0 Å². The van der Waals surface area contributed by atoms with E-state index < -0.39 is 8.07 Å². The van der Waals surface area contributed by atoms with Crippen LogP contribution in [0, 0.1) is 19.6 Å². The first kappa shape index (κ1) is 22.5. The largest absolute Gasteiger partial charge is 1.00 e. The average Bonchev–Trinajstić information content (AvgIpc) is 0.722. The van der Waals surface area contributed by atoms with Crippen molar-refractivity contribution < 1.29 is 56.6 Å². The van der Waals surface area contributed by atoms with Gasteiger partial charge in [-0.15, -0.1) is 0 Å². The third-order valence-corrected chi connectivity index (χ3v) is 0. The molecule has 0 spiro atoms. The van der Waals surface area contributed by atoms with E-state index in [9.17, 15) is 0 Å². The minimum absolute atomic E-state index is 0. The van der Waals surface area contributed by atoms with Gasteiger partial charge < -0.3 is 27.7 Å². The van der Waals surface area contributed by atoms with Crippen molar-refractivity contribution in [2.45, 2.75) is 6.55 Å². The van der Waals surface area contributed by atoms with E-state index in [2.05, 4.69) is 19.6 Å². The Morgan fingerprint density at radius 3 is 0.875 bits per heavy atom. The van der Waals surface area contributed by atoms with Gasteiger partial charge in [-0.2, -0.15) is 6.55 Å². The van der Waals surface area contributed by atoms with Crippen LogP contribution in [0.2, 0.25) is 6.55 Å². The summed E-state index contributed by atoms with van der Waals surface area (Å²) in [6.45, 7) is 13.1. The van der Waals surface area contributed by atoms with Gasteiger partial charge in [0.2, 0.25) is 0 Å². The summed E-state index contributed by atoms with van der Waals surface area (Å²) < 4.78 is 0. The Morgan fingerprint density at radius 1 is 0.875 bits per heavy atom. The molecule has 0 aliphatic heterocycles.